The van der Waals surface area contributed by atoms with Crippen LogP contribution in [-0.2, 0) is 0 Å². The monoisotopic (exact) mass is 368 g/mol. The molecule has 1 fully saturated rings. The highest BCUT2D eigenvalue weighted by Crippen LogP contribution is 2.40. The SMILES string of the molecule is Fc1c(C2CCCCC2Br)ccc(Br)c1Cl. The van der Waals surface area contributed by atoms with E-state index in [1.165, 1.54) is 12.8 Å². The smallest absolute Gasteiger partial charge is 0.146 e. The van der Waals surface area contributed by atoms with E-state index in [1.54, 1.807) is 0 Å². The fourth-order valence-electron chi connectivity index (χ4n) is 2.26. The average Bonchev–Trinajstić information content (AvgIpc) is 2.28. The quantitative estimate of drug-likeness (QED) is 0.442. The molecule has 2 unspecified atom stereocenters. The highest BCUT2D eigenvalue weighted by Gasteiger charge is 2.27. The largest absolute Gasteiger partial charge is 0.205 e. The first kappa shape index (κ1) is 12.8. The van der Waals surface area contributed by atoms with E-state index in [0.29, 0.717) is 9.30 Å². The van der Waals surface area contributed by atoms with Gasteiger partial charge < -0.3 is 0 Å². The third kappa shape index (κ3) is 2.46. The molecule has 1 aromatic carbocycles. The number of hydrogen-bond donors (Lipinski definition) is 0. The fourth-order valence-corrected chi connectivity index (χ4v) is 3.61. The van der Waals surface area contributed by atoms with Crippen LogP contribution in [0, 0.1) is 5.82 Å². The molecule has 0 aliphatic heterocycles. The van der Waals surface area contributed by atoms with Crippen molar-refractivity contribution in [1.29, 1.82) is 0 Å². The zero-order chi connectivity index (χ0) is 11.7. The van der Waals surface area contributed by atoms with Crippen LogP contribution in [0.25, 0.3) is 0 Å². The van der Waals surface area contributed by atoms with Gasteiger partial charge in [0.15, 0.2) is 0 Å². The van der Waals surface area contributed by atoms with E-state index >= 15 is 0 Å². The Bertz CT molecular complexity index is 395. The van der Waals surface area contributed by atoms with Gasteiger partial charge in [-0.3, -0.25) is 0 Å². The van der Waals surface area contributed by atoms with Crippen LogP contribution in [-0.4, -0.2) is 4.83 Å². The highest BCUT2D eigenvalue weighted by atomic mass is 79.9. The standard InChI is InChI=1S/C12H12Br2ClF/c13-9-4-2-1-3-7(9)8-5-6-10(14)11(15)12(8)16/h5-7,9H,1-4H2. The summed E-state index contributed by atoms with van der Waals surface area (Å²) in [5.74, 6) is -0.0215. The lowest BCUT2D eigenvalue weighted by atomic mass is 9.84. The molecule has 0 spiro atoms. The second kappa shape index (κ2) is 5.36. The van der Waals surface area contributed by atoms with Gasteiger partial charge in [0, 0.05) is 9.30 Å². The summed E-state index contributed by atoms with van der Waals surface area (Å²) in [6.07, 6.45) is 4.53. The summed E-state index contributed by atoms with van der Waals surface area (Å²) in [5, 5.41) is 0.197. The van der Waals surface area contributed by atoms with Gasteiger partial charge in [-0.15, -0.1) is 0 Å². The number of alkyl halides is 1. The zero-order valence-corrected chi connectivity index (χ0v) is 12.6. The zero-order valence-electron chi connectivity index (χ0n) is 8.65. The van der Waals surface area contributed by atoms with Gasteiger partial charge >= 0.3 is 0 Å². The molecule has 0 N–H and O–H groups in total. The van der Waals surface area contributed by atoms with Crippen LogP contribution in [0.1, 0.15) is 37.2 Å². The lowest BCUT2D eigenvalue weighted by molar-refractivity contribution is 0.445. The Morgan fingerprint density at radius 3 is 2.62 bits per heavy atom. The van der Waals surface area contributed by atoms with E-state index in [1.807, 2.05) is 12.1 Å². The maximum Gasteiger partial charge on any atom is 0.146 e. The molecule has 4 heteroatoms. The van der Waals surface area contributed by atoms with Crippen LogP contribution in [0.3, 0.4) is 0 Å². The molecular weight excluding hydrogens is 358 g/mol. The molecule has 16 heavy (non-hydrogen) atoms. The molecule has 0 amide bonds. The van der Waals surface area contributed by atoms with Crippen molar-refractivity contribution in [2.24, 2.45) is 0 Å². The Morgan fingerprint density at radius 1 is 1.25 bits per heavy atom. The molecule has 0 heterocycles. The van der Waals surface area contributed by atoms with E-state index in [9.17, 15) is 4.39 Å². The number of rotatable bonds is 1. The number of halogens is 4. The summed E-state index contributed by atoms with van der Waals surface area (Å²) in [4.78, 5) is 0.369. The first-order valence-electron chi connectivity index (χ1n) is 5.38. The maximum absolute atomic E-state index is 14.0. The molecule has 0 aromatic heterocycles. The highest BCUT2D eigenvalue weighted by molar-refractivity contribution is 9.10. The first-order valence-corrected chi connectivity index (χ1v) is 7.47. The van der Waals surface area contributed by atoms with Gasteiger partial charge in [0.1, 0.15) is 5.82 Å². The summed E-state index contributed by atoms with van der Waals surface area (Å²) >= 11 is 12.8. The molecule has 1 aliphatic rings. The molecule has 0 saturated heterocycles. The Morgan fingerprint density at radius 2 is 1.94 bits per heavy atom. The van der Waals surface area contributed by atoms with Gasteiger partial charge in [-0.05, 0) is 46.3 Å². The first-order chi connectivity index (χ1) is 7.61. The molecule has 0 bridgehead atoms. The Hall–Kier alpha value is 0.400. The lowest BCUT2D eigenvalue weighted by Gasteiger charge is -2.28. The second-order valence-corrected chi connectivity index (χ2v) is 6.58. The number of hydrogen-bond acceptors (Lipinski definition) is 0. The third-order valence-electron chi connectivity index (χ3n) is 3.15. The minimum Gasteiger partial charge on any atom is -0.205 e. The molecule has 2 rings (SSSR count). The van der Waals surface area contributed by atoms with Crippen molar-refractivity contribution in [3.8, 4) is 0 Å². The normalized spacial score (nSPS) is 25.8. The van der Waals surface area contributed by atoms with Crippen molar-refractivity contribution in [2.75, 3.05) is 0 Å². The van der Waals surface area contributed by atoms with Gasteiger partial charge in [0.2, 0.25) is 0 Å². The predicted octanol–water partition coefficient (Wildman–Crippen LogP) is 5.66. The van der Waals surface area contributed by atoms with Crippen molar-refractivity contribution < 1.29 is 4.39 Å². The molecule has 0 radical (unpaired) electrons. The fraction of sp³-hybridized carbons (Fsp3) is 0.500. The summed E-state index contributed by atoms with van der Waals surface area (Å²) in [5.41, 5.74) is 0.745. The maximum atomic E-state index is 14.0. The van der Waals surface area contributed by atoms with Gasteiger partial charge in [-0.2, -0.15) is 0 Å². The van der Waals surface area contributed by atoms with Crippen molar-refractivity contribution in [3.05, 3.63) is 33.0 Å². The van der Waals surface area contributed by atoms with Crippen LogP contribution >= 0.6 is 43.5 Å². The van der Waals surface area contributed by atoms with Crippen molar-refractivity contribution >= 4 is 43.5 Å². The van der Waals surface area contributed by atoms with E-state index in [0.717, 1.165) is 18.4 Å². The lowest BCUT2D eigenvalue weighted by Crippen LogP contribution is -2.18. The third-order valence-corrected chi connectivity index (χ3v) is 5.50. The molecule has 1 aromatic rings. The molecule has 1 aliphatic carbocycles. The van der Waals surface area contributed by atoms with Crippen LogP contribution in [0.2, 0.25) is 5.02 Å². The molecule has 88 valence electrons. The second-order valence-electron chi connectivity index (χ2n) is 4.17. The molecule has 1 saturated carbocycles. The van der Waals surface area contributed by atoms with Gasteiger partial charge in [0.05, 0.1) is 5.02 Å². The van der Waals surface area contributed by atoms with Gasteiger partial charge in [0.25, 0.3) is 0 Å². The van der Waals surface area contributed by atoms with Gasteiger partial charge in [-0.1, -0.05) is 46.4 Å². The van der Waals surface area contributed by atoms with Crippen LogP contribution < -0.4 is 0 Å². The van der Waals surface area contributed by atoms with Crippen LogP contribution in [0.5, 0.6) is 0 Å². The van der Waals surface area contributed by atoms with Crippen LogP contribution in [0.4, 0.5) is 4.39 Å². The van der Waals surface area contributed by atoms with E-state index in [2.05, 4.69) is 31.9 Å². The van der Waals surface area contributed by atoms with Crippen LogP contribution in [0.15, 0.2) is 16.6 Å². The number of benzene rings is 1. The molecule has 2 atom stereocenters. The predicted molar refractivity (Wildman–Crippen MR) is 73.0 cm³/mol. The summed E-state index contributed by atoms with van der Waals surface area (Å²) in [6.45, 7) is 0. The van der Waals surface area contributed by atoms with E-state index in [-0.39, 0.29) is 16.8 Å². The Labute approximate surface area is 117 Å². The topological polar surface area (TPSA) is 0 Å². The minimum atomic E-state index is -0.271. The summed E-state index contributed by atoms with van der Waals surface area (Å²) < 4.78 is 14.7. The van der Waals surface area contributed by atoms with Crippen molar-refractivity contribution in [3.63, 3.8) is 0 Å². The molecule has 0 nitrogen and oxygen atoms in total. The summed E-state index contributed by atoms with van der Waals surface area (Å²) in [6, 6.07) is 3.67. The Balaban J connectivity index is 2.36. The van der Waals surface area contributed by atoms with Crippen molar-refractivity contribution in [2.45, 2.75) is 36.4 Å². The summed E-state index contributed by atoms with van der Waals surface area (Å²) in [7, 11) is 0. The average molecular weight is 370 g/mol. The van der Waals surface area contributed by atoms with E-state index < -0.39 is 0 Å². The minimum absolute atomic E-state index is 0.197. The van der Waals surface area contributed by atoms with Gasteiger partial charge in [-0.25, -0.2) is 4.39 Å². The van der Waals surface area contributed by atoms with Crippen molar-refractivity contribution in [1.82, 2.24) is 0 Å². The Kier molecular flexibility index (Phi) is 4.31. The molecular formula is C12H12Br2ClF. The van der Waals surface area contributed by atoms with E-state index in [4.69, 9.17) is 11.6 Å².